The van der Waals surface area contributed by atoms with E-state index in [0.717, 1.165) is 24.2 Å². The highest BCUT2D eigenvalue weighted by Gasteiger charge is 2.37. The van der Waals surface area contributed by atoms with Gasteiger partial charge >= 0.3 is 5.97 Å². The molecule has 0 unspecified atom stereocenters. The standard InChI is InChI=1S/C33H44N4O8/c1-33(2,3)45-29(38)11-10-27(30(34)39)37-20-26-24(32(37)41)6-5-7-28(26)44-21-22-8-9-23(19-36-13-16-43-17-14-36)25(18-22)31(40)35-12-15-42-4/h5-9,18,27H,10-17,19-21H2,1-4H3,(H2,34,39)(H,35,40)/t27-/m0/s1. The van der Waals surface area contributed by atoms with Crippen molar-refractivity contribution in [2.45, 2.75) is 65.0 Å². The topological polar surface area (TPSA) is 150 Å². The largest absolute Gasteiger partial charge is 0.489 e. The van der Waals surface area contributed by atoms with Crippen molar-refractivity contribution >= 4 is 23.7 Å². The van der Waals surface area contributed by atoms with Gasteiger partial charge in [-0.3, -0.25) is 24.1 Å². The molecule has 0 saturated carbocycles. The van der Waals surface area contributed by atoms with E-state index in [4.69, 9.17) is 24.7 Å². The molecule has 3 N–H and O–H groups in total. The van der Waals surface area contributed by atoms with Gasteiger partial charge in [0, 0.05) is 56.4 Å². The van der Waals surface area contributed by atoms with E-state index in [1.807, 2.05) is 18.2 Å². The van der Waals surface area contributed by atoms with Crippen molar-refractivity contribution in [1.82, 2.24) is 15.1 Å². The molecule has 1 saturated heterocycles. The first kappa shape index (κ1) is 33.9. The number of carbonyl (C=O) groups is 4. The predicted octanol–water partition coefficient (Wildman–Crippen LogP) is 2.41. The van der Waals surface area contributed by atoms with Crippen molar-refractivity contribution < 1.29 is 38.1 Å². The van der Waals surface area contributed by atoms with Crippen molar-refractivity contribution in [3.8, 4) is 5.75 Å². The van der Waals surface area contributed by atoms with E-state index in [0.29, 0.717) is 55.4 Å². The fourth-order valence-electron chi connectivity index (χ4n) is 5.40. The number of methoxy groups -OCH3 is 1. The molecule has 2 aromatic carbocycles. The third-order valence-electron chi connectivity index (χ3n) is 7.60. The molecule has 2 heterocycles. The first-order valence-corrected chi connectivity index (χ1v) is 15.2. The third kappa shape index (κ3) is 9.25. The second-order valence-corrected chi connectivity index (χ2v) is 12.2. The lowest BCUT2D eigenvalue weighted by Gasteiger charge is -2.27. The van der Waals surface area contributed by atoms with Crippen molar-refractivity contribution in [1.29, 1.82) is 0 Å². The number of hydrogen-bond donors (Lipinski definition) is 2. The highest BCUT2D eigenvalue weighted by atomic mass is 16.6. The van der Waals surface area contributed by atoms with Crippen LogP contribution in [-0.2, 0) is 43.5 Å². The predicted molar refractivity (Wildman–Crippen MR) is 165 cm³/mol. The monoisotopic (exact) mass is 624 g/mol. The van der Waals surface area contributed by atoms with Crippen molar-refractivity contribution in [3.63, 3.8) is 0 Å². The van der Waals surface area contributed by atoms with Crippen LogP contribution in [0.4, 0.5) is 0 Å². The molecule has 4 rings (SSSR count). The molecule has 0 spiro atoms. The summed E-state index contributed by atoms with van der Waals surface area (Å²) in [4.78, 5) is 54.8. The number of benzene rings is 2. The molecule has 2 aliphatic heterocycles. The maximum Gasteiger partial charge on any atom is 0.306 e. The molecule has 0 aromatic heterocycles. The number of carbonyl (C=O) groups excluding carboxylic acids is 4. The highest BCUT2D eigenvalue weighted by Crippen LogP contribution is 2.33. The Bertz CT molecular complexity index is 1380. The van der Waals surface area contributed by atoms with E-state index < -0.39 is 23.5 Å². The van der Waals surface area contributed by atoms with Gasteiger partial charge in [0.2, 0.25) is 5.91 Å². The lowest BCUT2D eigenvalue weighted by Crippen LogP contribution is -2.45. The van der Waals surface area contributed by atoms with Gasteiger partial charge in [0.05, 0.1) is 26.4 Å². The quantitative estimate of drug-likeness (QED) is 0.239. The maximum atomic E-state index is 13.4. The maximum absolute atomic E-state index is 13.4. The Kier molecular flexibility index (Phi) is 11.5. The zero-order chi connectivity index (χ0) is 32.6. The first-order chi connectivity index (χ1) is 21.5. The minimum atomic E-state index is -0.983. The van der Waals surface area contributed by atoms with Crippen LogP contribution in [0.2, 0.25) is 0 Å². The minimum Gasteiger partial charge on any atom is -0.489 e. The van der Waals surface area contributed by atoms with Crippen LogP contribution in [-0.4, -0.2) is 91.7 Å². The molecule has 1 atom stereocenters. The lowest BCUT2D eigenvalue weighted by molar-refractivity contribution is -0.155. The van der Waals surface area contributed by atoms with E-state index in [-0.39, 0.29) is 37.8 Å². The van der Waals surface area contributed by atoms with Crippen LogP contribution in [0, 0.1) is 0 Å². The summed E-state index contributed by atoms with van der Waals surface area (Å²) in [5.41, 5.74) is 8.31. The van der Waals surface area contributed by atoms with Crippen molar-refractivity contribution in [2.24, 2.45) is 5.73 Å². The Morgan fingerprint density at radius 3 is 2.56 bits per heavy atom. The van der Waals surface area contributed by atoms with Crippen LogP contribution < -0.4 is 15.8 Å². The number of fused-ring (bicyclic) bond motifs is 1. The molecule has 12 heteroatoms. The summed E-state index contributed by atoms with van der Waals surface area (Å²) < 4.78 is 22.1. The number of primary amides is 1. The molecule has 0 bridgehead atoms. The number of rotatable bonds is 14. The van der Waals surface area contributed by atoms with E-state index in [1.54, 1.807) is 46.1 Å². The highest BCUT2D eigenvalue weighted by molar-refractivity contribution is 6.01. The molecule has 244 valence electrons. The van der Waals surface area contributed by atoms with E-state index in [1.165, 1.54) is 4.90 Å². The van der Waals surface area contributed by atoms with Gasteiger partial charge in [-0.05, 0) is 56.5 Å². The average Bonchev–Trinajstić information content (AvgIpc) is 3.32. The second-order valence-electron chi connectivity index (χ2n) is 12.2. The molecule has 3 amide bonds. The van der Waals surface area contributed by atoms with E-state index in [9.17, 15) is 19.2 Å². The fourth-order valence-corrected chi connectivity index (χ4v) is 5.40. The molecular formula is C33H44N4O8. The first-order valence-electron chi connectivity index (χ1n) is 15.2. The van der Waals surface area contributed by atoms with Gasteiger partial charge in [0.1, 0.15) is 24.0 Å². The van der Waals surface area contributed by atoms with Gasteiger partial charge in [0.25, 0.3) is 11.8 Å². The Morgan fingerprint density at radius 1 is 1.11 bits per heavy atom. The summed E-state index contributed by atoms with van der Waals surface area (Å²) >= 11 is 0. The summed E-state index contributed by atoms with van der Waals surface area (Å²) in [6, 6.07) is 9.89. The lowest BCUT2D eigenvalue weighted by atomic mass is 10.0. The van der Waals surface area contributed by atoms with Gasteiger partial charge in [-0.25, -0.2) is 0 Å². The van der Waals surface area contributed by atoms with E-state index in [2.05, 4.69) is 10.2 Å². The molecule has 2 aliphatic rings. The Labute approximate surface area is 264 Å². The van der Waals surface area contributed by atoms with Gasteiger partial charge in [-0.1, -0.05) is 18.2 Å². The summed E-state index contributed by atoms with van der Waals surface area (Å²) in [6.07, 6.45) is -0.0105. The van der Waals surface area contributed by atoms with Crippen molar-refractivity contribution in [2.75, 3.05) is 46.6 Å². The summed E-state index contributed by atoms with van der Waals surface area (Å²) in [5.74, 6) is -1.23. The Balaban J connectivity index is 1.48. The van der Waals surface area contributed by atoms with Crippen LogP contribution in [0.1, 0.15) is 71.0 Å². The Hall–Kier alpha value is -4.00. The molecular weight excluding hydrogens is 580 g/mol. The molecule has 0 radical (unpaired) electrons. The zero-order valence-electron chi connectivity index (χ0n) is 26.6. The SMILES string of the molecule is COCCNC(=O)c1cc(COc2cccc3c2CN([C@@H](CCC(=O)OC(C)(C)C)C(N)=O)C3=O)ccc1CN1CCOCC1. The van der Waals surface area contributed by atoms with Crippen LogP contribution in [0.25, 0.3) is 0 Å². The summed E-state index contributed by atoms with van der Waals surface area (Å²) in [5, 5.41) is 2.91. The van der Waals surface area contributed by atoms with Gasteiger partial charge in [-0.2, -0.15) is 0 Å². The van der Waals surface area contributed by atoms with Crippen LogP contribution in [0.15, 0.2) is 36.4 Å². The molecule has 12 nitrogen and oxygen atoms in total. The number of nitrogens with two attached hydrogens (primary N) is 1. The molecule has 45 heavy (non-hydrogen) atoms. The van der Waals surface area contributed by atoms with Gasteiger partial charge in [-0.15, -0.1) is 0 Å². The number of hydrogen-bond acceptors (Lipinski definition) is 9. The Morgan fingerprint density at radius 2 is 1.87 bits per heavy atom. The van der Waals surface area contributed by atoms with Gasteiger partial charge in [0.15, 0.2) is 0 Å². The number of amides is 3. The second kappa shape index (κ2) is 15.3. The van der Waals surface area contributed by atoms with Gasteiger partial charge < -0.3 is 34.9 Å². The van der Waals surface area contributed by atoms with Crippen molar-refractivity contribution in [3.05, 3.63) is 64.2 Å². The molecule has 0 aliphatic carbocycles. The fraction of sp³-hybridized carbons (Fsp3) is 0.515. The number of nitrogens with zero attached hydrogens (tertiary/aromatic N) is 2. The summed E-state index contributed by atoms with van der Waals surface area (Å²) in [7, 11) is 1.58. The number of ether oxygens (including phenoxy) is 4. The zero-order valence-corrected chi connectivity index (χ0v) is 26.6. The van der Waals surface area contributed by atoms with Crippen LogP contribution >= 0.6 is 0 Å². The molecule has 1 fully saturated rings. The summed E-state index contributed by atoms with van der Waals surface area (Å²) in [6.45, 7) is 9.86. The van der Waals surface area contributed by atoms with Crippen LogP contribution in [0.3, 0.4) is 0 Å². The minimum absolute atomic E-state index is 0.0478. The smallest absolute Gasteiger partial charge is 0.306 e. The van der Waals surface area contributed by atoms with Crippen LogP contribution in [0.5, 0.6) is 5.75 Å². The third-order valence-corrected chi connectivity index (χ3v) is 7.60. The number of nitrogens with one attached hydrogen (secondary N) is 1. The number of morpholine rings is 1. The molecule has 2 aromatic rings. The normalized spacial score (nSPS) is 15.8. The number of esters is 1. The average molecular weight is 625 g/mol. The van der Waals surface area contributed by atoms with E-state index >= 15 is 0 Å².